The molecular formula is C45H72N7O18P3S. The molecule has 25 nitrogen and oxygen atoms in total. The molecule has 9 unspecified atom stereocenters. The minimum atomic E-state index is -5.59. The van der Waals surface area contributed by atoms with Gasteiger partial charge in [0.05, 0.1) is 19.5 Å². The summed E-state index contributed by atoms with van der Waals surface area (Å²) in [7, 11) is -16.4. The molecule has 2 aromatic heterocycles. The van der Waals surface area contributed by atoms with Crippen LogP contribution in [0.2, 0.25) is 0 Å². The minimum Gasteiger partial charge on any atom is -0.386 e. The van der Waals surface area contributed by atoms with Gasteiger partial charge in [0.15, 0.2) is 22.8 Å². The second-order valence-corrected chi connectivity index (χ2v) is 27.3. The van der Waals surface area contributed by atoms with Gasteiger partial charge in [0, 0.05) is 49.9 Å². The standard InChI is InChI=1S/C45H72N7O18P3S/c1-25(29-9-10-30-28-8-7-26-20-27(53)12-15-44(26,4)31(28)13-16-45(29,30)5)6-11-34(55)74-19-18-47-33(54)14-17-48-41(58)38(57)43(2,3)22-67-73(64,65)70-72(62,63)66-21-32-37(69-71(59,60)61)36(56)42(68-32)52-24-51-35-39(46)49-23-50-40(35)52/h23-26,28-32,36-38,42,56-57H,6-22H2,1-5H3,(H,47,54)(H,48,58)(H,62,63)(H,64,65)(H2,46,49,50)(H2,59,60,61)/t25-,26?,28?,29?,30?,31?,32-,36-,37-,38+,42-,44?,45?/m1/s1. The molecule has 0 aromatic carbocycles. The fraction of sp³-hybridized carbons (Fsp3) is 0.800. The van der Waals surface area contributed by atoms with Crippen molar-refractivity contribution in [3.8, 4) is 0 Å². The quantitative estimate of drug-likeness (QED) is 0.0553. The molecule has 15 atom stereocenters. The topological polar surface area (TPSA) is 381 Å². The van der Waals surface area contributed by atoms with Gasteiger partial charge in [-0.1, -0.05) is 46.4 Å². The molecule has 5 aliphatic rings. The number of hydrogen-bond acceptors (Lipinski definition) is 19. The molecule has 74 heavy (non-hydrogen) atoms. The number of imidazole rings is 1. The number of phosphoric acid groups is 3. The van der Waals surface area contributed by atoms with Crippen LogP contribution in [0.4, 0.5) is 5.82 Å². The predicted molar refractivity (Wildman–Crippen MR) is 266 cm³/mol. The van der Waals surface area contributed by atoms with E-state index < -0.39 is 84.6 Å². The molecule has 0 spiro atoms. The van der Waals surface area contributed by atoms with Gasteiger partial charge in [-0.3, -0.25) is 37.3 Å². The van der Waals surface area contributed by atoms with Gasteiger partial charge in [0.25, 0.3) is 0 Å². The summed E-state index contributed by atoms with van der Waals surface area (Å²) >= 11 is 1.18. The maximum Gasteiger partial charge on any atom is 0.481 e. The van der Waals surface area contributed by atoms with Crippen molar-refractivity contribution < 1.29 is 85.3 Å². The number of carbonyl (C=O) groups excluding carboxylic acids is 4. The third-order valence-electron chi connectivity index (χ3n) is 16.8. The maximum atomic E-state index is 12.9. The van der Waals surface area contributed by atoms with Gasteiger partial charge in [0.1, 0.15) is 42.0 Å². The molecule has 7 rings (SSSR count). The number of fused-ring (bicyclic) bond motifs is 6. The lowest BCUT2D eigenvalue weighted by atomic mass is 9.44. The summed E-state index contributed by atoms with van der Waals surface area (Å²) < 4.78 is 62.7. The van der Waals surface area contributed by atoms with E-state index in [1.165, 1.54) is 64.1 Å². The van der Waals surface area contributed by atoms with Gasteiger partial charge in [-0.05, 0) is 97.7 Å². The fourth-order valence-corrected chi connectivity index (χ4v) is 16.5. The molecule has 5 fully saturated rings. The number of nitrogens with zero attached hydrogens (tertiary/aromatic N) is 4. The van der Waals surface area contributed by atoms with E-state index in [4.69, 9.17) is 19.5 Å². The van der Waals surface area contributed by atoms with Crippen molar-refractivity contribution in [2.45, 2.75) is 142 Å². The lowest BCUT2D eigenvalue weighted by molar-refractivity contribution is -0.140. The number of hydrogen-bond donors (Lipinski definition) is 9. The highest BCUT2D eigenvalue weighted by Gasteiger charge is 2.61. The van der Waals surface area contributed by atoms with Crippen molar-refractivity contribution in [2.24, 2.45) is 51.8 Å². The summed E-state index contributed by atoms with van der Waals surface area (Å²) in [4.78, 5) is 102. The normalized spacial score (nSPS) is 32.6. The lowest BCUT2D eigenvalue weighted by Gasteiger charge is -2.60. The summed E-state index contributed by atoms with van der Waals surface area (Å²) in [5.41, 5.74) is 4.85. The van der Waals surface area contributed by atoms with Gasteiger partial charge >= 0.3 is 23.5 Å². The monoisotopic (exact) mass is 1120 g/mol. The Morgan fingerprint density at radius 3 is 2.41 bits per heavy atom. The number of aliphatic hydroxyl groups is 2. The smallest absolute Gasteiger partial charge is 0.386 e. The van der Waals surface area contributed by atoms with Crippen LogP contribution in [0.15, 0.2) is 12.7 Å². The van der Waals surface area contributed by atoms with E-state index in [1.54, 1.807) is 0 Å². The van der Waals surface area contributed by atoms with E-state index in [0.717, 1.165) is 48.8 Å². The molecule has 4 aliphatic carbocycles. The van der Waals surface area contributed by atoms with Gasteiger partial charge in [-0.2, -0.15) is 4.31 Å². The Labute approximate surface area is 433 Å². The average Bonchev–Trinajstić information content (AvgIpc) is 4.00. The Morgan fingerprint density at radius 2 is 1.68 bits per heavy atom. The highest BCUT2D eigenvalue weighted by Crippen LogP contribution is 2.68. The average molecular weight is 1120 g/mol. The number of nitrogens with one attached hydrogen (secondary N) is 2. The molecule has 10 N–H and O–H groups in total. The highest BCUT2D eigenvalue weighted by atomic mass is 32.2. The number of rotatable bonds is 23. The maximum absolute atomic E-state index is 12.9. The molecule has 0 radical (unpaired) electrons. The molecule has 0 bridgehead atoms. The summed E-state index contributed by atoms with van der Waals surface area (Å²) in [6, 6.07) is 0. The molecule has 2 aromatic rings. The Hall–Kier alpha value is -2.77. The van der Waals surface area contributed by atoms with E-state index in [2.05, 4.69) is 55.2 Å². The summed E-state index contributed by atoms with van der Waals surface area (Å²) in [5.74, 6) is 3.07. The van der Waals surface area contributed by atoms with E-state index in [0.29, 0.717) is 47.5 Å². The van der Waals surface area contributed by atoms with Crippen LogP contribution in [0.3, 0.4) is 0 Å². The minimum absolute atomic E-state index is 0.0316. The van der Waals surface area contributed by atoms with Gasteiger partial charge in [-0.15, -0.1) is 0 Å². The number of ketones is 1. The van der Waals surface area contributed by atoms with Crippen molar-refractivity contribution in [1.29, 1.82) is 0 Å². The predicted octanol–water partition coefficient (Wildman–Crippen LogP) is 4.31. The van der Waals surface area contributed by atoms with Gasteiger partial charge in [-0.25, -0.2) is 28.6 Å². The zero-order valence-corrected chi connectivity index (χ0v) is 45.7. The highest BCUT2D eigenvalue weighted by molar-refractivity contribution is 8.13. The first-order valence-electron chi connectivity index (χ1n) is 25.1. The van der Waals surface area contributed by atoms with Crippen LogP contribution in [0, 0.1) is 51.8 Å². The van der Waals surface area contributed by atoms with Crippen LogP contribution >= 0.6 is 35.2 Å². The number of anilines is 1. The molecule has 3 heterocycles. The van der Waals surface area contributed by atoms with E-state index in [-0.39, 0.29) is 52.4 Å². The van der Waals surface area contributed by atoms with Crippen LogP contribution in [-0.2, 0) is 55.5 Å². The SMILES string of the molecule is C[C@H](CCC(=O)SCCNC(=O)CCNC(=O)[C@H](O)C(C)(C)COP(=O)(O)OP(=O)(O)OC[C@H]1O[C@@H](n2cnc3c(N)ncnc32)[C@H](O)[C@@H]1OP(=O)(O)O)C1CCC2C3CCC4CC(=O)CCC4(C)C3CCC21C. The first kappa shape index (κ1) is 58.9. The molecule has 4 saturated carbocycles. The van der Waals surface area contributed by atoms with Crippen molar-refractivity contribution in [2.75, 3.05) is 37.8 Å². The molecular weight excluding hydrogens is 1050 g/mol. The number of nitrogens with two attached hydrogens (primary N) is 1. The van der Waals surface area contributed by atoms with E-state index >= 15 is 0 Å². The van der Waals surface area contributed by atoms with E-state index in [1.807, 2.05) is 0 Å². The van der Waals surface area contributed by atoms with Crippen LogP contribution in [0.5, 0.6) is 0 Å². The summed E-state index contributed by atoms with van der Waals surface area (Å²) in [5, 5.41) is 26.9. The van der Waals surface area contributed by atoms with Crippen molar-refractivity contribution >= 4 is 74.9 Å². The zero-order valence-electron chi connectivity index (χ0n) is 42.2. The Kier molecular flexibility index (Phi) is 18.5. The number of phosphoric ester groups is 3. The third kappa shape index (κ3) is 13.5. The summed E-state index contributed by atoms with van der Waals surface area (Å²) in [6.45, 7) is 7.83. The second-order valence-electron chi connectivity index (χ2n) is 21.9. The fourth-order valence-electron chi connectivity index (χ4n) is 12.9. The first-order chi connectivity index (χ1) is 34.5. The van der Waals surface area contributed by atoms with Crippen LogP contribution in [0.25, 0.3) is 11.2 Å². The number of nitrogen functional groups attached to an aromatic ring is 1. The number of aromatic nitrogens is 4. The summed E-state index contributed by atoms with van der Waals surface area (Å²) in [6.07, 6.45) is 4.21. The van der Waals surface area contributed by atoms with Crippen molar-refractivity contribution in [3.05, 3.63) is 12.7 Å². The number of Topliss-reactive ketones (excluding diaryl/α,β-unsaturated/α-hetero) is 1. The second kappa shape index (κ2) is 23.3. The van der Waals surface area contributed by atoms with E-state index in [9.17, 15) is 62.7 Å². The third-order valence-corrected chi connectivity index (χ3v) is 20.8. The number of aliphatic hydroxyl groups excluding tert-OH is 2. The Balaban J connectivity index is 0.774. The van der Waals surface area contributed by atoms with Crippen LogP contribution in [0.1, 0.15) is 118 Å². The Morgan fingerprint density at radius 1 is 0.959 bits per heavy atom. The van der Waals surface area contributed by atoms with Crippen LogP contribution in [-0.4, -0.2) is 128 Å². The molecule has 2 amide bonds. The lowest BCUT2D eigenvalue weighted by Crippen LogP contribution is -2.53. The Bertz CT molecular complexity index is 2540. The van der Waals surface area contributed by atoms with Crippen molar-refractivity contribution in [3.63, 3.8) is 0 Å². The van der Waals surface area contributed by atoms with Crippen molar-refractivity contribution in [1.82, 2.24) is 30.2 Å². The largest absolute Gasteiger partial charge is 0.481 e. The number of amides is 2. The number of carbonyl (C=O) groups is 4. The number of thioether (sulfide) groups is 1. The van der Waals surface area contributed by atoms with Gasteiger partial charge in [0.2, 0.25) is 11.8 Å². The molecule has 1 saturated heterocycles. The molecule has 1 aliphatic heterocycles. The number of ether oxygens (including phenoxy) is 1. The first-order valence-corrected chi connectivity index (χ1v) is 30.6. The van der Waals surface area contributed by atoms with Gasteiger partial charge < -0.3 is 50.9 Å². The van der Waals surface area contributed by atoms with Crippen LogP contribution < -0.4 is 16.4 Å². The molecule has 29 heteroatoms. The zero-order chi connectivity index (χ0) is 54.2. The molecule has 416 valence electrons.